The molecule has 160 valence electrons. The van der Waals surface area contributed by atoms with Gasteiger partial charge in [0.15, 0.2) is 0 Å². The van der Waals surface area contributed by atoms with Crippen molar-refractivity contribution in [3.05, 3.63) is 42.0 Å². The van der Waals surface area contributed by atoms with E-state index in [1.165, 1.54) is 0 Å². The Morgan fingerprint density at radius 3 is 2.59 bits per heavy atom. The minimum absolute atomic E-state index is 0.0619. The van der Waals surface area contributed by atoms with Gasteiger partial charge in [0.25, 0.3) is 0 Å². The van der Waals surface area contributed by atoms with Crippen LogP contribution >= 0.6 is 0 Å². The number of aromatic nitrogens is 3. The maximum Gasteiger partial charge on any atom is 0.227 e. The van der Waals surface area contributed by atoms with Crippen molar-refractivity contribution in [1.82, 2.24) is 19.4 Å². The number of hydrogen-bond donors (Lipinski definition) is 1. The second-order valence-corrected chi connectivity index (χ2v) is 9.93. The maximum absolute atomic E-state index is 12.4. The predicted molar refractivity (Wildman–Crippen MR) is 112 cm³/mol. The van der Waals surface area contributed by atoms with Crippen LogP contribution in [-0.4, -0.2) is 51.8 Å². The molecule has 0 aliphatic carbocycles. The molecule has 3 heterocycles. The normalized spacial score (nSPS) is 17.5. The molecule has 1 unspecified atom stereocenters. The van der Waals surface area contributed by atoms with E-state index in [0.29, 0.717) is 13.1 Å². The summed E-state index contributed by atoms with van der Waals surface area (Å²) in [5.41, 5.74) is 1.69. The van der Waals surface area contributed by atoms with Crippen molar-refractivity contribution < 1.29 is 13.5 Å². The average molecular weight is 421 g/mol. The molecule has 0 radical (unpaired) electrons. The molecule has 7 nitrogen and oxygen atoms in total. The van der Waals surface area contributed by atoms with Gasteiger partial charge in [0.1, 0.15) is 0 Å². The van der Waals surface area contributed by atoms with E-state index in [0.717, 1.165) is 50.2 Å². The first kappa shape index (κ1) is 21.9. The summed E-state index contributed by atoms with van der Waals surface area (Å²) in [4.78, 5) is 10.9. The van der Waals surface area contributed by atoms with Crippen LogP contribution in [0.5, 0.6) is 0 Å². The van der Waals surface area contributed by atoms with E-state index in [1.807, 2.05) is 22.8 Å². The minimum Gasteiger partial charge on any atom is -0.387 e. The van der Waals surface area contributed by atoms with E-state index < -0.39 is 15.9 Å². The van der Waals surface area contributed by atoms with Crippen LogP contribution in [0.2, 0.25) is 0 Å². The van der Waals surface area contributed by atoms with Crippen LogP contribution in [0.25, 0.3) is 0 Å². The van der Waals surface area contributed by atoms with Gasteiger partial charge < -0.3 is 9.67 Å². The number of hydrogen-bond acceptors (Lipinski definition) is 6. The molecule has 1 saturated heterocycles. The Bertz CT molecular complexity index is 875. The van der Waals surface area contributed by atoms with E-state index in [-0.39, 0.29) is 16.8 Å². The molecule has 1 fully saturated rings. The molecule has 8 heteroatoms. The highest BCUT2D eigenvalue weighted by atomic mass is 32.2. The quantitative estimate of drug-likeness (QED) is 0.671. The lowest BCUT2D eigenvalue weighted by molar-refractivity contribution is 0.0533. The van der Waals surface area contributed by atoms with Gasteiger partial charge in [0, 0.05) is 19.3 Å². The molecule has 1 N–H and O–H groups in total. The fourth-order valence-electron chi connectivity index (χ4n) is 3.90. The van der Waals surface area contributed by atoms with Crippen LogP contribution in [0.1, 0.15) is 57.0 Å². The van der Waals surface area contributed by atoms with Gasteiger partial charge >= 0.3 is 0 Å². The van der Waals surface area contributed by atoms with E-state index >= 15 is 0 Å². The first-order valence-corrected chi connectivity index (χ1v) is 12.2. The molecule has 3 rings (SSSR count). The van der Waals surface area contributed by atoms with Crippen molar-refractivity contribution in [2.75, 3.05) is 18.8 Å². The molecule has 0 spiro atoms. The molecule has 0 saturated carbocycles. The summed E-state index contributed by atoms with van der Waals surface area (Å²) < 4.78 is 26.7. The highest BCUT2D eigenvalue weighted by molar-refractivity contribution is 7.91. The third-order valence-electron chi connectivity index (χ3n) is 5.75. The number of imidazole rings is 1. The highest BCUT2D eigenvalue weighted by Crippen LogP contribution is 2.30. The zero-order valence-electron chi connectivity index (χ0n) is 17.4. The summed E-state index contributed by atoms with van der Waals surface area (Å²) in [6.45, 7) is 6.85. The number of nitrogens with zero attached hydrogens (tertiary/aromatic N) is 4. The zero-order valence-corrected chi connectivity index (χ0v) is 18.2. The Morgan fingerprint density at radius 2 is 1.97 bits per heavy atom. The Morgan fingerprint density at radius 1 is 1.21 bits per heavy atom. The Hall–Kier alpha value is -1.77. The van der Waals surface area contributed by atoms with Crippen LogP contribution < -0.4 is 0 Å². The molecule has 1 atom stereocenters. The topological polar surface area (TPSA) is 88.3 Å². The minimum atomic E-state index is -3.34. The third kappa shape index (κ3) is 5.24. The number of piperidine rings is 1. The molecule has 0 bridgehead atoms. The summed E-state index contributed by atoms with van der Waals surface area (Å²) in [5, 5.41) is 10.8. The van der Waals surface area contributed by atoms with E-state index in [9.17, 15) is 13.5 Å². The molecule has 29 heavy (non-hydrogen) atoms. The molecule has 1 aliphatic rings. The van der Waals surface area contributed by atoms with Gasteiger partial charge in [0.05, 0.1) is 29.4 Å². The Balaban J connectivity index is 1.65. The largest absolute Gasteiger partial charge is 0.387 e. The van der Waals surface area contributed by atoms with E-state index in [2.05, 4.69) is 21.8 Å². The lowest BCUT2D eigenvalue weighted by Gasteiger charge is -2.34. The zero-order chi connectivity index (χ0) is 20.9. The number of likely N-dealkylation sites (tertiary alicyclic amines) is 1. The Kier molecular flexibility index (Phi) is 7.43. The lowest BCUT2D eigenvalue weighted by Crippen LogP contribution is -2.36. The first-order chi connectivity index (χ1) is 14.0. The fourth-order valence-corrected chi connectivity index (χ4v) is 4.92. The van der Waals surface area contributed by atoms with Crippen molar-refractivity contribution in [3.63, 3.8) is 0 Å². The fraction of sp³-hybridized carbons (Fsp3) is 0.619. The van der Waals surface area contributed by atoms with Gasteiger partial charge in [-0.2, -0.15) is 0 Å². The predicted octanol–water partition coefficient (Wildman–Crippen LogP) is 2.82. The standard InChI is InChI=1S/C21H32N4O3S/c1-3-5-12-25-18(15-23-21(25)29(27,28)4-2)16-24-13-9-17(10-14-24)20(26)19-8-6-7-11-22-19/h6-8,11,15,17,20,26H,3-5,9-10,12-14,16H2,1-2H3. The molecular weight excluding hydrogens is 388 g/mol. The summed E-state index contributed by atoms with van der Waals surface area (Å²) in [5.74, 6) is 0.258. The van der Waals surface area contributed by atoms with Crippen molar-refractivity contribution in [3.8, 4) is 0 Å². The monoisotopic (exact) mass is 420 g/mol. The number of aliphatic hydroxyl groups is 1. The number of rotatable bonds is 9. The Labute approximate surface area is 173 Å². The van der Waals surface area contributed by atoms with Gasteiger partial charge in [-0.25, -0.2) is 13.4 Å². The third-order valence-corrected chi connectivity index (χ3v) is 7.39. The first-order valence-electron chi connectivity index (χ1n) is 10.5. The second-order valence-electron chi connectivity index (χ2n) is 7.75. The number of sulfone groups is 1. The summed E-state index contributed by atoms with van der Waals surface area (Å²) in [6, 6.07) is 5.63. The lowest BCUT2D eigenvalue weighted by atomic mass is 9.89. The number of unbranched alkanes of at least 4 members (excludes halogenated alkanes) is 1. The van der Waals surface area contributed by atoms with Crippen LogP contribution in [0, 0.1) is 5.92 Å². The summed E-state index contributed by atoms with van der Waals surface area (Å²) >= 11 is 0. The molecule has 2 aromatic rings. The molecular formula is C21H32N4O3S. The highest BCUT2D eigenvalue weighted by Gasteiger charge is 2.28. The smallest absolute Gasteiger partial charge is 0.227 e. The number of aliphatic hydroxyl groups excluding tert-OH is 1. The summed E-state index contributed by atoms with van der Waals surface area (Å²) in [7, 11) is -3.34. The molecule has 0 amide bonds. The molecule has 1 aliphatic heterocycles. The van der Waals surface area contributed by atoms with Crippen molar-refractivity contribution >= 4 is 9.84 Å². The SMILES string of the molecule is CCCCn1c(CN2CCC(C(O)c3ccccn3)CC2)cnc1S(=O)(=O)CC. The van der Waals surface area contributed by atoms with Crippen molar-refractivity contribution in [1.29, 1.82) is 0 Å². The number of pyridine rings is 1. The average Bonchev–Trinajstić information content (AvgIpc) is 3.16. The van der Waals surface area contributed by atoms with Gasteiger partial charge in [-0.3, -0.25) is 9.88 Å². The molecule has 2 aromatic heterocycles. The van der Waals surface area contributed by atoms with Gasteiger partial charge in [0.2, 0.25) is 15.0 Å². The van der Waals surface area contributed by atoms with Gasteiger partial charge in [-0.1, -0.05) is 26.3 Å². The van der Waals surface area contributed by atoms with Crippen molar-refractivity contribution in [2.45, 2.75) is 63.9 Å². The van der Waals surface area contributed by atoms with Crippen LogP contribution in [0.3, 0.4) is 0 Å². The molecule has 0 aromatic carbocycles. The second kappa shape index (κ2) is 9.82. The van der Waals surface area contributed by atoms with Crippen LogP contribution in [0.15, 0.2) is 35.7 Å². The van der Waals surface area contributed by atoms with Crippen LogP contribution in [-0.2, 0) is 22.9 Å². The summed E-state index contributed by atoms with van der Waals surface area (Å²) in [6.07, 6.45) is 6.60. The van der Waals surface area contributed by atoms with Crippen LogP contribution in [0.4, 0.5) is 0 Å². The maximum atomic E-state index is 12.4. The van der Waals surface area contributed by atoms with Crippen molar-refractivity contribution in [2.24, 2.45) is 5.92 Å². The van der Waals surface area contributed by atoms with E-state index in [1.54, 1.807) is 19.3 Å². The van der Waals surface area contributed by atoms with Gasteiger partial charge in [-0.05, 0) is 50.4 Å². The van der Waals surface area contributed by atoms with E-state index in [4.69, 9.17) is 0 Å². The van der Waals surface area contributed by atoms with Gasteiger partial charge in [-0.15, -0.1) is 0 Å².